The van der Waals surface area contributed by atoms with E-state index in [0.29, 0.717) is 5.95 Å². The zero-order chi connectivity index (χ0) is 19.1. The summed E-state index contributed by atoms with van der Waals surface area (Å²) in [7, 11) is -1.33. The van der Waals surface area contributed by atoms with Crippen LogP contribution in [0.25, 0.3) is 0 Å². The highest BCUT2D eigenvalue weighted by atomic mass is 32.2. The van der Waals surface area contributed by atoms with Crippen LogP contribution in [0.2, 0.25) is 0 Å². The number of sulfonamides is 1. The Bertz CT molecular complexity index is 915. The van der Waals surface area contributed by atoms with E-state index in [1.165, 1.54) is 0 Å². The SMILES string of the molecule is Cn1cc(Nc2nccc(N3CCC(C)(NS(=O)(=O)C4CC4)CC3)n2)cn1. The third-order valence-electron chi connectivity index (χ3n) is 5.14. The second-order valence-electron chi connectivity index (χ2n) is 7.66. The molecule has 27 heavy (non-hydrogen) atoms. The second-order valence-corrected chi connectivity index (χ2v) is 9.62. The Kier molecular flexibility index (Phi) is 4.55. The maximum atomic E-state index is 12.3. The van der Waals surface area contributed by atoms with Gasteiger partial charge in [-0.15, -0.1) is 0 Å². The Hall–Kier alpha value is -2.20. The summed E-state index contributed by atoms with van der Waals surface area (Å²) in [6.07, 6.45) is 8.35. The molecule has 2 fully saturated rings. The topological polar surface area (TPSA) is 105 Å². The van der Waals surface area contributed by atoms with Crippen LogP contribution in [0, 0.1) is 0 Å². The predicted molar refractivity (Wildman–Crippen MR) is 103 cm³/mol. The maximum Gasteiger partial charge on any atom is 0.229 e. The lowest BCUT2D eigenvalue weighted by Crippen LogP contribution is -2.54. The molecular formula is C17H25N7O2S. The van der Waals surface area contributed by atoms with Gasteiger partial charge in [-0.25, -0.2) is 18.1 Å². The number of nitrogens with zero attached hydrogens (tertiary/aromatic N) is 5. The molecule has 3 heterocycles. The Morgan fingerprint density at radius 1 is 1.26 bits per heavy atom. The van der Waals surface area contributed by atoms with Gasteiger partial charge >= 0.3 is 0 Å². The molecule has 4 rings (SSSR count). The normalized spacial score (nSPS) is 19.9. The van der Waals surface area contributed by atoms with Crippen LogP contribution < -0.4 is 14.9 Å². The summed E-state index contributed by atoms with van der Waals surface area (Å²) in [4.78, 5) is 11.0. The van der Waals surface area contributed by atoms with Gasteiger partial charge in [0.2, 0.25) is 16.0 Å². The van der Waals surface area contributed by atoms with Crippen LogP contribution in [0.15, 0.2) is 24.7 Å². The van der Waals surface area contributed by atoms with Gasteiger partial charge in [0.15, 0.2) is 0 Å². The van der Waals surface area contributed by atoms with E-state index >= 15 is 0 Å². The van der Waals surface area contributed by atoms with Crippen molar-refractivity contribution in [3.05, 3.63) is 24.7 Å². The average molecular weight is 392 g/mol. The fraction of sp³-hybridized carbons (Fsp3) is 0.588. The predicted octanol–water partition coefficient (Wildman–Crippen LogP) is 1.39. The van der Waals surface area contributed by atoms with E-state index < -0.39 is 10.0 Å². The number of hydrogen-bond donors (Lipinski definition) is 2. The lowest BCUT2D eigenvalue weighted by molar-refractivity contribution is 0.329. The van der Waals surface area contributed by atoms with Gasteiger partial charge in [-0.3, -0.25) is 4.68 Å². The molecule has 0 bridgehead atoms. The smallest absolute Gasteiger partial charge is 0.229 e. The van der Waals surface area contributed by atoms with Gasteiger partial charge in [0.1, 0.15) is 5.82 Å². The van der Waals surface area contributed by atoms with Crippen LogP contribution >= 0.6 is 0 Å². The first kappa shape index (κ1) is 18.2. The van der Waals surface area contributed by atoms with Gasteiger partial charge in [-0.2, -0.15) is 10.1 Å². The van der Waals surface area contributed by atoms with Gasteiger partial charge < -0.3 is 10.2 Å². The first-order valence-corrected chi connectivity index (χ1v) is 10.7. The van der Waals surface area contributed by atoms with Gasteiger partial charge in [-0.05, 0) is 38.7 Å². The van der Waals surface area contributed by atoms with Crippen LogP contribution in [-0.4, -0.2) is 52.0 Å². The molecule has 2 aromatic heterocycles. The average Bonchev–Trinajstić information content (AvgIpc) is 3.40. The van der Waals surface area contributed by atoms with E-state index in [9.17, 15) is 8.42 Å². The third-order valence-corrected chi connectivity index (χ3v) is 7.27. The van der Waals surface area contributed by atoms with E-state index in [-0.39, 0.29) is 10.8 Å². The van der Waals surface area contributed by atoms with Crippen LogP contribution in [0.5, 0.6) is 0 Å². The molecule has 2 N–H and O–H groups in total. The molecule has 0 aromatic carbocycles. The molecule has 2 aliphatic rings. The fourth-order valence-corrected chi connectivity index (χ4v) is 5.15. The van der Waals surface area contributed by atoms with E-state index in [1.54, 1.807) is 17.1 Å². The van der Waals surface area contributed by atoms with Crippen LogP contribution in [0.3, 0.4) is 0 Å². The molecule has 0 amide bonds. The van der Waals surface area contributed by atoms with Crippen molar-refractivity contribution in [1.82, 2.24) is 24.5 Å². The molecule has 0 spiro atoms. The lowest BCUT2D eigenvalue weighted by Gasteiger charge is -2.40. The number of aromatic nitrogens is 4. The highest BCUT2D eigenvalue weighted by Gasteiger charge is 2.41. The summed E-state index contributed by atoms with van der Waals surface area (Å²) in [5.74, 6) is 1.35. The molecule has 0 atom stereocenters. The van der Waals surface area contributed by atoms with Gasteiger partial charge in [0.05, 0.1) is 17.1 Å². The molecule has 146 valence electrons. The number of nitrogens with one attached hydrogen (secondary N) is 2. The molecule has 0 radical (unpaired) electrons. The minimum atomic E-state index is -3.18. The van der Waals surface area contributed by atoms with E-state index in [2.05, 4.69) is 30.0 Å². The highest BCUT2D eigenvalue weighted by Crippen LogP contribution is 2.32. The van der Waals surface area contributed by atoms with Crippen molar-refractivity contribution < 1.29 is 8.42 Å². The molecule has 1 aliphatic heterocycles. The van der Waals surface area contributed by atoms with E-state index in [4.69, 9.17) is 0 Å². The number of piperidine rings is 1. The summed E-state index contributed by atoms with van der Waals surface area (Å²) in [6, 6.07) is 1.88. The van der Waals surface area contributed by atoms with Crippen molar-refractivity contribution in [2.24, 2.45) is 7.05 Å². The number of aryl methyl sites for hydroxylation is 1. The third kappa shape index (κ3) is 4.22. The molecule has 9 nitrogen and oxygen atoms in total. The fourth-order valence-electron chi connectivity index (χ4n) is 3.34. The van der Waals surface area contributed by atoms with Gasteiger partial charge in [-0.1, -0.05) is 0 Å². The van der Waals surface area contributed by atoms with Crippen molar-refractivity contribution in [1.29, 1.82) is 0 Å². The largest absolute Gasteiger partial charge is 0.356 e. The van der Waals surface area contributed by atoms with Crippen molar-refractivity contribution in [2.45, 2.75) is 43.4 Å². The van der Waals surface area contributed by atoms with Crippen LogP contribution in [-0.2, 0) is 17.1 Å². The zero-order valence-corrected chi connectivity index (χ0v) is 16.4. The van der Waals surface area contributed by atoms with Crippen LogP contribution in [0.1, 0.15) is 32.6 Å². The van der Waals surface area contributed by atoms with Crippen molar-refractivity contribution in [3.63, 3.8) is 0 Å². The molecular weight excluding hydrogens is 366 g/mol. The molecule has 1 aliphatic carbocycles. The van der Waals surface area contributed by atoms with Gasteiger partial charge in [0.25, 0.3) is 0 Å². The van der Waals surface area contributed by atoms with Crippen molar-refractivity contribution in [2.75, 3.05) is 23.3 Å². The summed E-state index contributed by atoms with van der Waals surface area (Å²) in [5, 5.41) is 7.08. The molecule has 1 saturated heterocycles. The maximum absolute atomic E-state index is 12.3. The summed E-state index contributed by atoms with van der Waals surface area (Å²) in [6.45, 7) is 3.49. The first-order chi connectivity index (χ1) is 12.8. The molecule has 2 aromatic rings. The standard InChI is InChI=1S/C17H25N7O2S/c1-17(22-27(25,26)14-3-4-14)6-9-24(10-7-17)15-5-8-18-16(21-15)20-13-11-19-23(2)12-13/h5,8,11-12,14,22H,3-4,6-7,9-10H2,1-2H3,(H,18,20,21). The Morgan fingerprint density at radius 3 is 2.63 bits per heavy atom. The van der Waals surface area contributed by atoms with Crippen molar-refractivity contribution in [3.8, 4) is 0 Å². The minimum Gasteiger partial charge on any atom is -0.356 e. The summed E-state index contributed by atoms with van der Waals surface area (Å²) >= 11 is 0. The summed E-state index contributed by atoms with van der Waals surface area (Å²) < 4.78 is 29.2. The zero-order valence-electron chi connectivity index (χ0n) is 15.6. The number of anilines is 3. The Balaban J connectivity index is 1.40. The molecule has 0 unspecified atom stereocenters. The number of rotatable bonds is 6. The van der Waals surface area contributed by atoms with E-state index in [0.717, 1.165) is 50.3 Å². The first-order valence-electron chi connectivity index (χ1n) is 9.19. The lowest BCUT2D eigenvalue weighted by atomic mass is 9.91. The quantitative estimate of drug-likeness (QED) is 0.767. The monoisotopic (exact) mass is 391 g/mol. The second kappa shape index (κ2) is 6.75. The highest BCUT2D eigenvalue weighted by molar-refractivity contribution is 7.90. The summed E-state index contributed by atoms with van der Waals surface area (Å²) in [5.41, 5.74) is 0.442. The van der Waals surface area contributed by atoms with Gasteiger partial charge in [0, 0.05) is 38.1 Å². The van der Waals surface area contributed by atoms with Crippen molar-refractivity contribution >= 4 is 27.5 Å². The van der Waals surface area contributed by atoms with Crippen LogP contribution in [0.4, 0.5) is 17.5 Å². The molecule has 1 saturated carbocycles. The minimum absolute atomic E-state index is 0.185. The Morgan fingerprint density at radius 2 is 2.00 bits per heavy atom. The number of hydrogen-bond acceptors (Lipinski definition) is 7. The Labute approximate surface area is 159 Å². The van der Waals surface area contributed by atoms with E-state index in [1.807, 2.05) is 26.2 Å². The molecule has 10 heteroatoms.